The highest BCUT2D eigenvalue weighted by Gasteiger charge is 2.32. The van der Waals surface area contributed by atoms with Gasteiger partial charge >= 0.3 is 0 Å². The molecule has 1 fully saturated rings. The number of carbonyl (C=O) groups is 1. The first-order chi connectivity index (χ1) is 13.4. The minimum atomic E-state index is -3.68. The van der Waals surface area contributed by atoms with Gasteiger partial charge in [-0.25, -0.2) is 12.8 Å². The molecule has 0 spiro atoms. The van der Waals surface area contributed by atoms with Crippen LogP contribution in [0.2, 0.25) is 0 Å². The molecule has 1 aromatic heterocycles. The number of amides is 1. The van der Waals surface area contributed by atoms with Crippen LogP contribution in [0.4, 0.5) is 10.1 Å². The quantitative estimate of drug-likeness (QED) is 0.702. The summed E-state index contributed by atoms with van der Waals surface area (Å²) in [5.41, 5.74) is 0.707. The zero-order chi connectivity index (χ0) is 19.7. The highest BCUT2D eigenvalue weighted by atomic mass is 32.2. The fraction of sp³-hybridized carbons (Fsp3) is 0.263. The number of nitrogens with one attached hydrogen (secondary N) is 1. The first-order valence-corrected chi connectivity index (χ1v) is 11.1. The van der Waals surface area contributed by atoms with Crippen LogP contribution in [0, 0.1) is 11.7 Å². The smallest absolute Gasteiger partial charge is 0.243 e. The monoisotopic (exact) mass is 419 g/mol. The number of piperidine rings is 1. The van der Waals surface area contributed by atoms with Crippen molar-refractivity contribution in [2.45, 2.75) is 17.7 Å². The molecule has 146 valence electrons. The Morgan fingerprint density at radius 2 is 1.86 bits per heavy atom. The first-order valence-electron chi connectivity index (χ1n) is 8.84. The van der Waals surface area contributed by atoms with Gasteiger partial charge in [-0.2, -0.15) is 8.68 Å². The zero-order valence-corrected chi connectivity index (χ0v) is 16.5. The number of aromatic nitrogens is 1. The summed E-state index contributed by atoms with van der Waals surface area (Å²) in [6, 6.07) is 10.4. The highest BCUT2D eigenvalue weighted by Crippen LogP contribution is 2.26. The summed E-state index contributed by atoms with van der Waals surface area (Å²) in [5.74, 6) is -0.844. The van der Waals surface area contributed by atoms with E-state index in [1.54, 1.807) is 6.20 Å². The van der Waals surface area contributed by atoms with Crippen molar-refractivity contribution in [1.82, 2.24) is 8.68 Å². The van der Waals surface area contributed by atoms with Gasteiger partial charge in [-0.1, -0.05) is 0 Å². The number of benzene rings is 2. The van der Waals surface area contributed by atoms with Gasteiger partial charge in [-0.3, -0.25) is 4.79 Å². The van der Waals surface area contributed by atoms with Crippen LogP contribution in [-0.4, -0.2) is 36.1 Å². The molecule has 1 amide bonds. The Morgan fingerprint density at radius 3 is 2.57 bits per heavy atom. The lowest BCUT2D eigenvalue weighted by Crippen LogP contribution is -2.41. The van der Waals surface area contributed by atoms with Crippen molar-refractivity contribution in [1.29, 1.82) is 0 Å². The van der Waals surface area contributed by atoms with E-state index in [0.717, 1.165) is 22.2 Å². The van der Waals surface area contributed by atoms with E-state index in [1.165, 1.54) is 28.0 Å². The second-order valence-corrected chi connectivity index (χ2v) is 9.47. The van der Waals surface area contributed by atoms with Crippen molar-refractivity contribution in [3.8, 4) is 0 Å². The molecular formula is C19H18FN3O3S2. The second-order valence-electron chi connectivity index (χ2n) is 6.70. The van der Waals surface area contributed by atoms with E-state index in [1.807, 2.05) is 18.2 Å². The van der Waals surface area contributed by atoms with Gasteiger partial charge in [0, 0.05) is 36.3 Å². The summed E-state index contributed by atoms with van der Waals surface area (Å²) in [5, 5.41) is 3.89. The molecule has 2 aromatic carbocycles. The lowest BCUT2D eigenvalue weighted by Gasteiger charge is -2.30. The number of carbonyl (C=O) groups excluding carboxylic acids is 1. The minimum absolute atomic E-state index is 0.0643. The molecule has 0 radical (unpaired) electrons. The van der Waals surface area contributed by atoms with Crippen LogP contribution >= 0.6 is 11.5 Å². The Hall–Kier alpha value is -2.36. The van der Waals surface area contributed by atoms with E-state index in [2.05, 4.69) is 9.69 Å². The van der Waals surface area contributed by atoms with Crippen LogP contribution in [0.15, 0.2) is 53.6 Å². The van der Waals surface area contributed by atoms with Gasteiger partial charge in [0.1, 0.15) is 5.82 Å². The van der Waals surface area contributed by atoms with Crippen LogP contribution in [0.1, 0.15) is 12.8 Å². The topological polar surface area (TPSA) is 79.4 Å². The van der Waals surface area contributed by atoms with Gasteiger partial charge in [-0.15, -0.1) is 0 Å². The van der Waals surface area contributed by atoms with Crippen molar-refractivity contribution in [2.75, 3.05) is 18.4 Å². The fourth-order valence-corrected chi connectivity index (χ4v) is 5.40. The Morgan fingerprint density at radius 1 is 1.14 bits per heavy atom. The van der Waals surface area contributed by atoms with Crippen LogP contribution in [-0.2, 0) is 14.8 Å². The summed E-state index contributed by atoms with van der Waals surface area (Å²) < 4.78 is 44.9. The maximum absolute atomic E-state index is 13.0. The van der Waals surface area contributed by atoms with Gasteiger partial charge in [-0.05, 0) is 66.8 Å². The highest BCUT2D eigenvalue weighted by molar-refractivity contribution is 7.89. The Bertz CT molecular complexity index is 1100. The molecule has 0 saturated carbocycles. The zero-order valence-electron chi connectivity index (χ0n) is 14.8. The van der Waals surface area contributed by atoms with Crippen LogP contribution < -0.4 is 5.32 Å². The second kappa shape index (κ2) is 7.57. The predicted molar refractivity (Wildman–Crippen MR) is 106 cm³/mol. The molecule has 0 atom stereocenters. The molecule has 0 bridgehead atoms. The summed E-state index contributed by atoms with van der Waals surface area (Å²) in [6.45, 7) is 0.510. The number of hydrogen-bond donors (Lipinski definition) is 1. The lowest BCUT2D eigenvalue weighted by molar-refractivity contribution is -0.120. The molecule has 4 rings (SSSR count). The number of halogens is 1. The van der Waals surface area contributed by atoms with Crippen molar-refractivity contribution in [3.63, 3.8) is 0 Å². The third kappa shape index (κ3) is 3.78. The summed E-state index contributed by atoms with van der Waals surface area (Å²) in [7, 11) is -3.68. The van der Waals surface area contributed by atoms with Crippen molar-refractivity contribution in [2.24, 2.45) is 5.92 Å². The molecule has 6 nitrogen and oxygen atoms in total. The number of anilines is 1. The molecular weight excluding hydrogens is 401 g/mol. The number of rotatable bonds is 4. The van der Waals surface area contributed by atoms with Crippen molar-refractivity contribution >= 4 is 43.2 Å². The first kappa shape index (κ1) is 19.0. The Balaban J connectivity index is 1.39. The maximum atomic E-state index is 13.0. The molecule has 0 aliphatic carbocycles. The predicted octanol–water partition coefficient (Wildman–Crippen LogP) is 3.47. The van der Waals surface area contributed by atoms with Gasteiger partial charge < -0.3 is 5.32 Å². The third-order valence-electron chi connectivity index (χ3n) is 4.90. The van der Waals surface area contributed by atoms with Crippen molar-refractivity contribution < 1.29 is 17.6 Å². The fourth-order valence-electron chi connectivity index (χ4n) is 3.31. The summed E-state index contributed by atoms with van der Waals surface area (Å²) in [4.78, 5) is 12.6. The number of nitrogens with zero attached hydrogens (tertiary/aromatic N) is 2. The van der Waals surface area contributed by atoms with Gasteiger partial charge in [0.2, 0.25) is 15.9 Å². The largest absolute Gasteiger partial charge is 0.326 e. The van der Waals surface area contributed by atoms with Crippen LogP contribution in [0.3, 0.4) is 0 Å². The third-order valence-corrected chi connectivity index (χ3v) is 7.59. The molecule has 1 N–H and O–H groups in total. The lowest BCUT2D eigenvalue weighted by atomic mass is 9.97. The van der Waals surface area contributed by atoms with Gasteiger partial charge in [0.05, 0.1) is 9.60 Å². The average molecular weight is 420 g/mol. The normalized spacial score (nSPS) is 16.3. The van der Waals surface area contributed by atoms with E-state index in [0.29, 0.717) is 18.5 Å². The minimum Gasteiger partial charge on any atom is -0.326 e. The molecule has 1 aliphatic rings. The number of sulfonamides is 1. The van der Waals surface area contributed by atoms with E-state index in [9.17, 15) is 17.6 Å². The maximum Gasteiger partial charge on any atom is 0.243 e. The Kier molecular flexibility index (Phi) is 5.13. The van der Waals surface area contributed by atoms with Crippen LogP contribution in [0.25, 0.3) is 10.1 Å². The summed E-state index contributed by atoms with van der Waals surface area (Å²) >= 11 is 1.40. The molecule has 3 aromatic rings. The molecule has 28 heavy (non-hydrogen) atoms. The molecule has 2 heterocycles. The van der Waals surface area contributed by atoms with E-state index >= 15 is 0 Å². The molecule has 1 aliphatic heterocycles. The SMILES string of the molecule is O=C(Nc1ccc2sncc2c1)C1CCN(S(=O)(=O)c2ccc(F)cc2)CC1. The molecule has 0 unspecified atom stereocenters. The van der Waals surface area contributed by atoms with Gasteiger partial charge in [0.25, 0.3) is 0 Å². The average Bonchev–Trinajstić information content (AvgIpc) is 3.16. The summed E-state index contributed by atoms with van der Waals surface area (Å²) in [6.07, 6.45) is 2.64. The standard InChI is InChI=1S/C19H18FN3O3S2/c20-15-1-4-17(5-2-15)28(25,26)23-9-7-13(8-10-23)19(24)22-16-3-6-18-14(11-16)12-21-27-18/h1-6,11-13H,7-10H2,(H,22,24). The number of fused-ring (bicyclic) bond motifs is 1. The van der Waals surface area contributed by atoms with E-state index < -0.39 is 15.8 Å². The van der Waals surface area contributed by atoms with E-state index in [-0.39, 0.29) is 29.8 Å². The molecule has 9 heteroatoms. The molecule has 1 saturated heterocycles. The van der Waals surface area contributed by atoms with E-state index in [4.69, 9.17) is 0 Å². The van der Waals surface area contributed by atoms with Crippen LogP contribution in [0.5, 0.6) is 0 Å². The van der Waals surface area contributed by atoms with Crippen molar-refractivity contribution in [3.05, 3.63) is 54.5 Å². The Labute approximate surface area is 166 Å². The van der Waals surface area contributed by atoms with Gasteiger partial charge in [0.15, 0.2) is 0 Å². The number of hydrogen-bond acceptors (Lipinski definition) is 5.